The van der Waals surface area contributed by atoms with E-state index in [2.05, 4.69) is 23.1 Å². The van der Waals surface area contributed by atoms with Gasteiger partial charge in [0.1, 0.15) is 11.9 Å². The summed E-state index contributed by atoms with van der Waals surface area (Å²) >= 11 is 0. The Hall–Kier alpha value is -1.39. The van der Waals surface area contributed by atoms with Crippen LogP contribution in [0, 0.1) is 5.92 Å². The van der Waals surface area contributed by atoms with Crippen LogP contribution in [0.2, 0.25) is 0 Å². The summed E-state index contributed by atoms with van der Waals surface area (Å²) in [4.78, 5) is 15.6. The van der Waals surface area contributed by atoms with Gasteiger partial charge in [-0.1, -0.05) is 6.07 Å². The number of likely N-dealkylation sites (tertiary alicyclic amines) is 1. The van der Waals surface area contributed by atoms with Crippen LogP contribution in [0.1, 0.15) is 49.7 Å². The lowest BCUT2D eigenvalue weighted by molar-refractivity contribution is -0.201. The van der Waals surface area contributed by atoms with Gasteiger partial charge in [-0.3, -0.25) is 9.69 Å². The van der Waals surface area contributed by atoms with Crippen LogP contribution < -0.4 is 4.74 Å². The van der Waals surface area contributed by atoms with E-state index in [-0.39, 0.29) is 17.1 Å². The minimum atomic E-state index is -0.169. The highest BCUT2D eigenvalue weighted by Gasteiger charge is 2.70. The summed E-state index contributed by atoms with van der Waals surface area (Å²) < 4.78 is 12.2. The van der Waals surface area contributed by atoms with Crippen molar-refractivity contribution in [2.45, 2.75) is 68.1 Å². The van der Waals surface area contributed by atoms with E-state index < -0.39 is 0 Å². The zero-order valence-corrected chi connectivity index (χ0v) is 15.5. The molecule has 0 amide bonds. The van der Waals surface area contributed by atoms with Crippen molar-refractivity contribution >= 4 is 5.78 Å². The number of rotatable bonds is 3. The fourth-order valence-electron chi connectivity index (χ4n) is 6.62. The molecule has 1 unspecified atom stereocenters. The molecule has 5 aliphatic rings. The third-order valence-corrected chi connectivity index (χ3v) is 8.02. The van der Waals surface area contributed by atoms with Gasteiger partial charge in [0.15, 0.2) is 5.78 Å². The number of carbonyl (C=O) groups excluding carboxylic acids is 1. The van der Waals surface area contributed by atoms with Crippen molar-refractivity contribution in [2.24, 2.45) is 5.92 Å². The first-order valence-corrected chi connectivity index (χ1v) is 10.3. The Kier molecular flexibility index (Phi) is 3.07. The van der Waals surface area contributed by atoms with Gasteiger partial charge < -0.3 is 9.47 Å². The van der Waals surface area contributed by atoms with Crippen LogP contribution in [0.4, 0.5) is 0 Å². The van der Waals surface area contributed by atoms with Crippen LogP contribution >= 0.6 is 0 Å². The van der Waals surface area contributed by atoms with E-state index >= 15 is 0 Å². The Morgan fingerprint density at radius 1 is 1.27 bits per heavy atom. The summed E-state index contributed by atoms with van der Waals surface area (Å²) in [6.45, 7) is 2.32. The molecule has 3 heterocycles. The Morgan fingerprint density at radius 2 is 2.15 bits per heavy atom. The first-order valence-electron chi connectivity index (χ1n) is 10.3. The second kappa shape index (κ2) is 5.11. The number of carbonyl (C=O) groups is 1. The Morgan fingerprint density at radius 3 is 2.96 bits per heavy atom. The molecule has 0 radical (unpaired) electrons. The molecule has 1 spiro atoms. The van der Waals surface area contributed by atoms with Crippen molar-refractivity contribution in [1.29, 1.82) is 0 Å². The van der Waals surface area contributed by atoms with E-state index in [1.807, 2.05) is 0 Å². The fraction of sp³-hybridized carbons (Fsp3) is 0.682. The Balaban J connectivity index is 1.53. The lowest BCUT2D eigenvalue weighted by atomic mass is 9.52. The fourth-order valence-corrected chi connectivity index (χ4v) is 6.62. The largest absolute Gasteiger partial charge is 0.497 e. The molecule has 4 nitrogen and oxygen atoms in total. The predicted octanol–water partition coefficient (Wildman–Crippen LogP) is 2.86. The molecular formula is C22H27NO3. The normalized spacial score (nSPS) is 40.9. The molecule has 3 aliphatic heterocycles. The van der Waals surface area contributed by atoms with E-state index in [0.717, 1.165) is 43.9 Å². The van der Waals surface area contributed by atoms with E-state index in [0.29, 0.717) is 18.2 Å². The molecule has 0 aromatic heterocycles. The van der Waals surface area contributed by atoms with E-state index in [1.165, 1.54) is 30.5 Å². The minimum absolute atomic E-state index is 0.149. The zero-order chi connectivity index (χ0) is 17.5. The number of ketones is 1. The maximum atomic E-state index is 12.9. The van der Waals surface area contributed by atoms with Gasteiger partial charge in [0, 0.05) is 24.4 Å². The summed E-state index contributed by atoms with van der Waals surface area (Å²) in [7, 11) is 1.73. The summed E-state index contributed by atoms with van der Waals surface area (Å²) in [6.07, 6.45) is 7.31. The standard InChI is InChI=1S/C22H27NO3/c1-25-16-5-4-15-10-20-22-7-6-19(26-22)18(24)12-21(22,17(15)11-16)8-9-23(20)13-14-2-3-14/h4-5,11,14,19-20H,2-3,6-10,12-13H2,1H3/t19?,20-,21-,22+/m1/s1. The lowest BCUT2D eigenvalue weighted by Gasteiger charge is -2.63. The number of methoxy groups -OCH3 is 1. The molecule has 26 heavy (non-hydrogen) atoms. The van der Waals surface area contributed by atoms with Crippen molar-refractivity contribution in [3.8, 4) is 5.75 Å². The smallest absolute Gasteiger partial charge is 0.162 e. The molecule has 6 rings (SSSR count). The highest BCUT2D eigenvalue weighted by Crippen LogP contribution is 2.63. The zero-order valence-electron chi connectivity index (χ0n) is 15.5. The van der Waals surface area contributed by atoms with Gasteiger partial charge in [0.2, 0.25) is 0 Å². The molecule has 4 atom stereocenters. The molecular weight excluding hydrogens is 326 g/mol. The van der Waals surface area contributed by atoms with E-state index in [4.69, 9.17) is 9.47 Å². The van der Waals surface area contributed by atoms with Gasteiger partial charge in [-0.2, -0.15) is 0 Å². The average molecular weight is 353 g/mol. The van der Waals surface area contributed by atoms with Crippen LogP contribution in [0.5, 0.6) is 5.75 Å². The van der Waals surface area contributed by atoms with Crippen LogP contribution in [-0.4, -0.2) is 48.6 Å². The Bertz CT molecular complexity index is 788. The molecule has 138 valence electrons. The number of hydrogen-bond donors (Lipinski definition) is 0. The van der Waals surface area contributed by atoms with E-state index in [1.54, 1.807) is 7.11 Å². The van der Waals surface area contributed by atoms with Gasteiger partial charge in [0.25, 0.3) is 0 Å². The Labute approximate surface area is 154 Å². The lowest BCUT2D eigenvalue weighted by Crippen LogP contribution is -2.73. The van der Waals surface area contributed by atoms with Crippen LogP contribution in [-0.2, 0) is 21.4 Å². The number of ether oxygens (including phenoxy) is 2. The van der Waals surface area contributed by atoms with Gasteiger partial charge in [-0.05, 0) is 74.2 Å². The van der Waals surface area contributed by atoms with Crippen LogP contribution in [0.15, 0.2) is 18.2 Å². The number of hydrogen-bond acceptors (Lipinski definition) is 4. The van der Waals surface area contributed by atoms with Crippen molar-refractivity contribution in [1.82, 2.24) is 4.90 Å². The van der Waals surface area contributed by atoms with Crippen molar-refractivity contribution < 1.29 is 14.3 Å². The number of fused-ring (bicyclic) bond motifs is 2. The van der Waals surface area contributed by atoms with Crippen molar-refractivity contribution in [2.75, 3.05) is 20.2 Å². The first-order chi connectivity index (χ1) is 12.6. The summed E-state index contributed by atoms with van der Waals surface area (Å²) in [5.74, 6) is 2.11. The molecule has 4 bridgehead atoms. The maximum Gasteiger partial charge on any atom is 0.162 e. The predicted molar refractivity (Wildman–Crippen MR) is 97.5 cm³/mol. The molecule has 4 heteroatoms. The van der Waals surface area contributed by atoms with Gasteiger partial charge >= 0.3 is 0 Å². The maximum absolute atomic E-state index is 12.9. The van der Waals surface area contributed by atoms with Crippen molar-refractivity contribution in [3.05, 3.63) is 29.3 Å². The van der Waals surface area contributed by atoms with Gasteiger partial charge in [-0.15, -0.1) is 0 Å². The number of piperidine rings is 1. The van der Waals surface area contributed by atoms with E-state index in [9.17, 15) is 4.79 Å². The highest BCUT2D eigenvalue weighted by molar-refractivity contribution is 5.87. The summed E-state index contributed by atoms with van der Waals surface area (Å²) in [5, 5.41) is 0. The topological polar surface area (TPSA) is 38.8 Å². The minimum Gasteiger partial charge on any atom is -0.497 e. The molecule has 1 aromatic rings. The molecule has 2 aliphatic carbocycles. The number of nitrogens with zero attached hydrogens (tertiary/aromatic N) is 1. The van der Waals surface area contributed by atoms with Gasteiger partial charge in [0.05, 0.1) is 12.7 Å². The second-order valence-corrected chi connectivity index (χ2v) is 9.19. The highest BCUT2D eigenvalue weighted by atomic mass is 16.5. The molecule has 1 aromatic carbocycles. The SMILES string of the molecule is COc1ccc2c(c1)[C@]13CCN(CC4CC4)[C@H](C2)[C@@]12CCC(O2)C(=O)C3. The number of benzene rings is 1. The third-order valence-electron chi connectivity index (χ3n) is 8.02. The number of Topliss-reactive ketones (excluding diaryl/α,β-unsaturated/α-hetero) is 1. The first kappa shape index (κ1) is 15.6. The second-order valence-electron chi connectivity index (χ2n) is 9.19. The van der Waals surface area contributed by atoms with Gasteiger partial charge in [-0.25, -0.2) is 0 Å². The third kappa shape index (κ3) is 1.85. The van der Waals surface area contributed by atoms with Crippen molar-refractivity contribution in [3.63, 3.8) is 0 Å². The molecule has 1 saturated carbocycles. The summed E-state index contributed by atoms with van der Waals surface area (Å²) in [5.41, 5.74) is 2.43. The summed E-state index contributed by atoms with van der Waals surface area (Å²) in [6, 6.07) is 6.95. The quantitative estimate of drug-likeness (QED) is 0.838. The average Bonchev–Trinajstić information content (AvgIpc) is 3.38. The molecule has 3 saturated heterocycles. The molecule has 4 fully saturated rings. The molecule has 0 N–H and O–H groups in total. The monoisotopic (exact) mass is 353 g/mol. The van der Waals surface area contributed by atoms with Crippen LogP contribution in [0.25, 0.3) is 0 Å². The van der Waals surface area contributed by atoms with Crippen LogP contribution in [0.3, 0.4) is 0 Å².